The third-order valence-corrected chi connectivity index (χ3v) is 3.47. The van der Waals surface area contributed by atoms with Crippen molar-refractivity contribution in [2.24, 2.45) is 0 Å². The van der Waals surface area contributed by atoms with Gasteiger partial charge in [0.15, 0.2) is 0 Å². The number of carbonyl (C=O) groups excluding carboxylic acids is 1. The molecule has 0 aromatic heterocycles. The first kappa shape index (κ1) is 15.2. The Kier molecular flexibility index (Phi) is 4.37. The number of aryl methyl sites for hydroxylation is 2. The number of benzene rings is 2. The standard InChI is InChI=1S/C15H13BrN2O3/c1-9-6-10(2)14(13(7-9)18(20)21)17-15(19)11-4-3-5-12(16)8-11/h3-8H,1-2H3,(H,17,19). The number of nitrogens with one attached hydrogen (secondary N) is 1. The second-order valence-electron chi connectivity index (χ2n) is 4.70. The lowest BCUT2D eigenvalue weighted by Gasteiger charge is -2.10. The van der Waals surface area contributed by atoms with Crippen LogP contribution in [0.1, 0.15) is 21.5 Å². The van der Waals surface area contributed by atoms with Crippen molar-refractivity contribution in [3.8, 4) is 0 Å². The van der Waals surface area contributed by atoms with Gasteiger partial charge in [-0.05, 0) is 43.2 Å². The molecule has 0 fully saturated rings. The van der Waals surface area contributed by atoms with Crippen LogP contribution in [-0.2, 0) is 0 Å². The molecule has 6 heteroatoms. The zero-order valence-corrected chi connectivity index (χ0v) is 13.1. The van der Waals surface area contributed by atoms with Crippen molar-refractivity contribution in [1.82, 2.24) is 0 Å². The molecule has 21 heavy (non-hydrogen) atoms. The average Bonchev–Trinajstić information content (AvgIpc) is 2.41. The van der Waals surface area contributed by atoms with E-state index in [4.69, 9.17) is 0 Å². The first-order valence-electron chi connectivity index (χ1n) is 6.21. The zero-order valence-electron chi connectivity index (χ0n) is 11.5. The van der Waals surface area contributed by atoms with Crippen molar-refractivity contribution < 1.29 is 9.72 Å². The average molecular weight is 349 g/mol. The minimum absolute atomic E-state index is 0.101. The Bertz CT molecular complexity index is 729. The third kappa shape index (κ3) is 3.46. The van der Waals surface area contributed by atoms with E-state index in [9.17, 15) is 14.9 Å². The number of halogens is 1. The summed E-state index contributed by atoms with van der Waals surface area (Å²) in [6.45, 7) is 3.51. The van der Waals surface area contributed by atoms with Crippen LogP contribution < -0.4 is 5.32 Å². The Hall–Kier alpha value is -2.21. The van der Waals surface area contributed by atoms with Crippen LogP contribution in [0.4, 0.5) is 11.4 Å². The van der Waals surface area contributed by atoms with Crippen molar-refractivity contribution >= 4 is 33.2 Å². The second kappa shape index (κ2) is 6.05. The van der Waals surface area contributed by atoms with Crippen molar-refractivity contribution in [2.75, 3.05) is 5.32 Å². The molecule has 0 radical (unpaired) electrons. The summed E-state index contributed by atoms with van der Waals surface area (Å²) in [4.78, 5) is 22.9. The minimum atomic E-state index is -0.490. The van der Waals surface area contributed by atoms with E-state index in [0.29, 0.717) is 11.1 Å². The summed E-state index contributed by atoms with van der Waals surface area (Å²) in [5.41, 5.74) is 2.00. The van der Waals surface area contributed by atoms with Crippen LogP contribution in [0, 0.1) is 24.0 Å². The topological polar surface area (TPSA) is 72.2 Å². The van der Waals surface area contributed by atoms with E-state index < -0.39 is 4.92 Å². The summed E-state index contributed by atoms with van der Waals surface area (Å²) >= 11 is 3.29. The van der Waals surface area contributed by atoms with Crippen molar-refractivity contribution in [3.05, 3.63) is 67.7 Å². The number of nitro benzene ring substituents is 1. The highest BCUT2D eigenvalue weighted by atomic mass is 79.9. The first-order chi connectivity index (χ1) is 9.88. The molecule has 108 valence electrons. The Morgan fingerprint density at radius 3 is 2.57 bits per heavy atom. The van der Waals surface area contributed by atoms with Crippen molar-refractivity contribution in [2.45, 2.75) is 13.8 Å². The van der Waals surface area contributed by atoms with Gasteiger partial charge in [0.2, 0.25) is 0 Å². The number of hydrogen-bond acceptors (Lipinski definition) is 3. The number of carbonyl (C=O) groups is 1. The van der Waals surface area contributed by atoms with Gasteiger partial charge in [-0.15, -0.1) is 0 Å². The molecule has 2 aromatic rings. The molecule has 0 saturated heterocycles. The molecule has 0 unspecified atom stereocenters. The van der Waals surface area contributed by atoms with Crippen molar-refractivity contribution in [3.63, 3.8) is 0 Å². The van der Waals surface area contributed by atoms with Crippen molar-refractivity contribution in [1.29, 1.82) is 0 Å². The molecule has 0 heterocycles. The Balaban J connectivity index is 2.39. The lowest BCUT2D eigenvalue weighted by atomic mass is 10.1. The summed E-state index contributed by atoms with van der Waals surface area (Å²) in [5, 5.41) is 13.8. The number of nitro groups is 1. The fraction of sp³-hybridized carbons (Fsp3) is 0.133. The molecule has 0 bridgehead atoms. The van der Waals surface area contributed by atoms with E-state index in [1.807, 2.05) is 0 Å². The maximum atomic E-state index is 12.2. The lowest BCUT2D eigenvalue weighted by Crippen LogP contribution is -2.14. The molecule has 0 aliphatic heterocycles. The predicted molar refractivity (Wildman–Crippen MR) is 84.7 cm³/mol. The van der Waals surface area contributed by atoms with Gasteiger partial charge in [-0.25, -0.2) is 0 Å². The molecule has 5 nitrogen and oxygen atoms in total. The van der Waals surface area contributed by atoms with Crippen LogP contribution in [0.3, 0.4) is 0 Å². The Morgan fingerprint density at radius 1 is 1.24 bits per heavy atom. The molecule has 2 aromatic carbocycles. The summed E-state index contributed by atoms with van der Waals surface area (Å²) < 4.78 is 0.769. The molecule has 0 aliphatic rings. The van der Waals surface area contributed by atoms with Crippen LogP contribution in [0.2, 0.25) is 0 Å². The number of hydrogen-bond donors (Lipinski definition) is 1. The number of anilines is 1. The molecule has 1 amide bonds. The van der Waals surface area contributed by atoms with Gasteiger partial charge in [-0.2, -0.15) is 0 Å². The quantitative estimate of drug-likeness (QED) is 0.666. The van der Waals surface area contributed by atoms with Gasteiger partial charge in [0, 0.05) is 16.1 Å². The molecular formula is C15H13BrN2O3. The minimum Gasteiger partial charge on any atom is -0.316 e. The molecule has 0 spiro atoms. The van der Waals surface area contributed by atoms with Crippen LogP contribution in [0.15, 0.2) is 40.9 Å². The molecule has 0 saturated carbocycles. The van der Waals surface area contributed by atoms with E-state index in [-0.39, 0.29) is 17.3 Å². The summed E-state index contributed by atoms with van der Waals surface area (Å²) in [6.07, 6.45) is 0. The molecule has 2 rings (SSSR count). The first-order valence-corrected chi connectivity index (χ1v) is 7.00. The highest BCUT2D eigenvalue weighted by Crippen LogP contribution is 2.30. The van der Waals surface area contributed by atoms with E-state index >= 15 is 0 Å². The van der Waals surface area contributed by atoms with E-state index in [2.05, 4.69) is 21.2 Å². The predicted octanol–water partition coefficient (Wildman–Crippen LogP) is 4.23. The van der Waals surface area contributed by atoms with Crippen LogP contribution in [0.25, 0.3) is 0 Å². The van der Waals surface area contributed by atoms with Crippen LogP contribution in [-0.4, -0.2) is 10.8 Å². The SMILES string of the molecule is Cc1cc(C)c(NC(=O)c2cccc(Br)c2)c([N+](=O)[O-])c1. The summed E-state index contributed by atoms with van der Waals surface area (Å²) in [5.74, 6) is -0.383. The van der Waals surface area contributed by atoms with Gasteiger partial charge in [0.1, 0.15) is 5.69 Å². The summed E-state index contributed by atoms with van der Waals surface area (Å²) in [6, 6.07) is 10.1. The monoisotopic (exact) mass is 348 g/mol. The zero-order chi connectivity index (χ0) is 15.6. The molecule has 1 N–H and O–H groups in total. The number of amides is 1. The fourth-order valence-corrected chi connectivity index (χ4v) is 2.47. The Morgan fingerprint density at radius 2 is 1.95 bits per heavy atom. The van der Waals surface area contributed by atoms with Gasteiger partial charge >= 0.3 is 0 Å². The maximum Gasteiger partial charge on any atom is 0.293 e. The smallest absolute Gasteiger partial charge is 0.293 e. The largest absolute Gasteiger partial charge is 0.316 e. The molecular weight excluding hydrogens is 336 g/mol. The van der Waals surface area contributed by atoms with Gasteiger partial charge in [0.05, 0.1) is 4.92 Å². The van der Waals surface area contributed by atoms with Gasteiger partial charge in [0.25, 0.3) is 11.6 Å². The number of nitrogens with zero attached hydrogens (tertiary/aromatic N) is 1. The third-order valence-electron chi connectivity index (χ3n) is 2.98. The van der Waals surface area contributed by atoms with Crippen LogP contribution >= 0.6 is 15.9 Å². The fourth-order valence-electron chi connectivity index (χ4n) is 2.07. The maximum absolute atomic E-state index is 12.2. The van der Waals surface area contributed by atoms with E-state index in [1.54, 1.807) is 44.2 Å². The highest BCUT2D eigenvalue weighted by molar-refractivity contribution is 9.10. The van der Waals surface area contributed by atoms with Gasteiger partial charge in [-0.1, -0.05) is 28.1 Å². The Labute approximate surface area is 130 Å². The van der Waals surface area contributed by atoms with Crippen LogP contribution in [0.5, 0.6) is 0 Å². The summed E-state index contributed by atoms with van der Waals surface area (Å²) in [7, 11) is 0. The van der Waals surface area contributed by atoms with Gasteiger partial charge in [-0.3, -0.25) is 14.9 Å². The normalized spacial score (nSPS) is 10.2. The van der Waals surface area contributed by atoms with E-state index in [0.717, 1.165) is 10.0 Å². The highest BCUT2D eigenvalue weighted by Gasteiger charge is 2.19. The van der Waals surface area contributed by atoms with Gasteiger partial charge < -0.3 is 5.32 Å². The lowest BCUT2D eigenvalue weighted by molar-refractivity contribution is -0.384. The molecule has 0 aliphatic carbocycles. The number of rotatable bonds is 3. The second-order valence-corrected chi connectivity index (χ2v) is 5.61. The molecule has 0 atom stereocenters. The van der Waals surface area contributed by atoms with E-state index in [1.165, 1.54) is 6.07 Å².